The number of nitrogens with one attached hydrogen (secondary N) is 1. The second-order valence-corrected chi connectivity index (χ2v) is 13.3. The molecule has 0 aromatic heterocycles. The number of esters is 1. The first-order valence-corrected chi connectivity index (χ1v) is 16.4. The second-order valence-electron chi connectivity index (χ2n) is 13.3. The third-order valence-corrected chi connectivity index (χ3v) is 8.40. The summed E-state index contributed by atoms with van der Waals surface area (Å²) in [6.45, 7) is 14.4. The van der Waals surface area contributed by atoms with E-state index in [9.17, 15) is 9.59 Å². The highest BCUT2D eigenvalue weighted by Crippen LogP contribution is 2.36. The minimum Gasteiger partial charge on any atom is -0.450 e. The van der Waals surface area contributed by atoms with E-state index in [1.807, 2.05) is 0 Å². The van der Waals surface area contributed by atoms with Gasteiger partial charge in [-0.05, 0) is 71.6 Å². The highest BCUT2D eigenvalue weighted by atomic mass is 16.6. The van der Waals surface area contributed by atoms with Crippen molar-refractivity contribution in [2.45, 2.75) is 175 Å². The number of amides is 1. The molecule has 0 heterocycles. The molecular weight excluding hydrogens is 482 g/mol. The van der Waals surface area contributed by atoms with Gasteiger partial charge in [0.1, 0.15) is 0 Å². The molecule has 0 radical (unpaired) electrons. The molecule has 0 atom stereocenters. The largest absolute Gasteiger partial charge is 0.450 e. The monoisotopic (exact) mass is 545 g/mol. The van der Waals surface area contributed by atoms with Crippen molar-refractivity contribution in [3.05, 3.63) is 23.8 Å². The Morgan fingerprint density at radius 1 is 0.897 bits per heavy atom. The van der Waals surface area contributed by atoms with Crippen LogP contribution in [0, 0.1) is 11.8 Å². The summed E-state index contributed by atoms with van der Waals surface area (Å²) in [4.78, 5) is 25.5. The molecule has 4 heteroatoms. The maximum Gasteiger partial charge on any atom is 0.306 e. The van der Waals surface area contributed by atoms with Crippen molar-refractivity contribution in [3.8, 4) is 0 Å². The van der Waals surface area contributed by atoms with Crippen LogP contribution in [-0.4, -0.2) is 23.0 Å². The van der Waals surface area contributed by atoms with Crippen LogP contribution in [0.15, 0.2) is 23.8 Å². The molecule has 39 heavy (non-hydrogen) atoms. The molecule has 0 saturated heterocycles. The Labute approximate surface area is 242 Å². The topological polar surface area (TPSA) is 55.4 Å². The molecule has 1 aliphatic carbocycles. The lowest BCUT2D eigenvalue weighted by atomic mass is 9.75. The number of hydrogen-bond acceptors (Lipinski definition) is 3. The lowest BCUT2D eigenvalue weighted by Gasteiger charge is -2.40. The van der Waals surface area contributed by atoms with Crippen molar-refractivity contribution in [3.63, 3.8) is 0 Å². The molecule has 0 unspecified atom stereocenters. The summed E-state index contributed by atoms with van der Waals surface area (Å²) in [5, 5.41) is 3.23. The highest BCUT2D eigenvalue weighted by molar-refractivity contribution is 5.87. The number of allylic oxidation sites excluding steroid dienone is 4. The molecule has 0 aromatic rings. The Balaban J connectivity index is 2.23. The van der Waals surface area contributed by atoms with E-state index < -0.39 is 5.60 Å². The first kappa shape index (κ1) is 35.4. The van der Waals surface area contributed by atoms with Gasteiger partial charge in [-0.1, -0.05) is 122 Å². The van der Waals surface area contributed by atoms with Gasteiger partial charge in [-0.3, -0.25) is 9.59 Å². The summed E-state index contributed by atoms with van der Waals surface area (Å²) >= 11 is 0. The van der Waals surface area contributed by atoms with Crippen molar-refractivity contribution >= 4 is 11.9 Å². The molecule has 1 N–H and O–H groups in total. The number of carbonyl (C=O) groups excluding carboxylic acids is 2. The van der Waals surface area contributed by atoms with Crippen molar-refractivity contribution in [1.29, 1.82) is 0 Å². The lowest BCUT2D eigenvalue weighted by molar-refractivity contribution is -0.166. The number of hydrogen-bond donors (Lipinski definition) is 1. The second kappa shape index (κ2) is 19.5. The molecule has 0 aliphatic heterocycles. The van der Waals surface area contributed by atoms with Gasteiger partial charge in [-0.25, -0.2) is 0 Å². The van der Waals surface area contributed by atoms with E-state index in [4.69, 9.17) is 4.74 Å². The predicted octanol–water partition coefficient (Wildman–Crippen LogP) is 10.0. The molecule has 4 nitrogen and oxygen atoms in total. The van der Waals surface area contributed by atoms with Gasteiger partial charge in [-0.2, -0.15) is 0 Å². The fraction of sp³-hybridized carbons (Fsp3) is 0.829. The summed E-state index contributed by atoms with van der Waals surface area (Å²) in [5.74, 6) is 0.681. The normalized spacial score (nSPS) is 20.5. The zero-order valence-electron chi connectivity index (χ0n) is 26.8. The van der Waals surface area contributed by atoms with E-state index in [1.54, 1.807) is 13.8 Å². The highest BCUT2D eigenvalue weighted by Gasteiger charge is 2.39. The number of unbranched alkanes of at least 4 members (excludes halogenated alkanes) is 12. The van der Waals surface area contributed by atoms with Gasteiger partial charge < -0.3 is 10.1 Å². The van der Waals surface area contributed by atoms with Gasteiger partial charge >= 0.3 is 5.97 Å². The summed E-state index contributed by atoms with van der Waals surface area (Å²) in [6, 6.07) is 0. The minimum atomic E-state index is -1.15. The zero-order chi connectivity index (χ0) is 29.2. The smallest absolute Gasteiger partial charge is 0.306 e. The molecule has 226 valence electrons. The van der Waals surface area contributed by atoms with Gasteiger partial charge in [0.25, 0.3) is 5.91 Å². The summed E-state index contributed by atoms with van der Waals surface area (Å²) in [5.41, 5.74) is 0.0217. The Bertz CT molecular complexity index is 741. The maximum absolute atomic E-state index is 13.1. The van der Waals surface area contributed by atoms with Crippen molar-refractivity contribution in [1.82, 2.24) is 5.32 Å². The summed E-state index contributed by atoms with van der Waals surface area (Å²) < 4.78 is 5.65. The molecule has 0 spiro atoms. The van der Waals surface area contributed by atoms with Crippen LogP contribution in [0.25, 0.3) is 0 Å². The quantitative estimate of drug-likeness (QED) is 0.0940. The van der Waals surface area contributed by atoms with Crippen LogP contribution < -0.4 is 5.32 Å². The third kappa shape index (κ3) is 16.3. The minimum absolute atomic E-state index is 0.186. The Morgan fingerprint density at radius 2 is 1.38 bits per heavy atom. The van der Waals surface area contributed by atoms with E-state index in [0.717, 1.165) is 38.5 Å². The average molecular weight is 546 g/mol. The average Bonchev–Trinajstić information content (AvgIpc) is 2.86. The van der Waals surface area contributed by atoms with Gasteiger partial charge in [0.15, 0.2) is 5.60 Å². The van der Waals surface area contributed by atoms with E-state index in [1.165, 1.54) is 76.2 Å². The lowest BCUT2D eigenvalue weighted by Crippen LogP contribution is -2.55. The predicted molar refractivity (Wildman–Crippen MR) is 167 cm³/mol. The standard InChI is InChI=1S/C35H63NO3/c1-8-9-10-11-12-13-14-15-16-17-18-19-20-24-32(37)39-34(5,6)33(38)36-35(7)27-25-31(26-28-35)30(4)23-21-22-29(2)3/h21-23,29,31H,8-20,24-28H2,1-7H3,(H,36,38)/b22-21+,30-23+. The SMILES string of the molecule is CCCCCCCCCCCCCCCC(=O)OC(C)(C)C(=O)NC1(C)CCC(/C(C)=C/C=C/C(C)C)CC1. The van der Waals surface area contributed by atoms with Crippen molar-refractivity contribution in [2.75, 3.05) is 0 Å². The number of rotatable bonds is 20. The molecule has 1 aliphatic rings. The first-order valence-electron chi connectivity index (χ1n) is 16.4. The fourth-order valence-corrected chi connectivity index (χ4v) is 5.49. The number of carbonyl (C=O) groups is 2. The molecule has 1 rings (SSSR count). The van der Waals surface area contributed by atoms with Crippen LogP contribution in [0.1, 0.15) is 164 Å². The van der Waals surface area contributed by atoms with Crippen LogP contribution in [0.5, 0.6) is 0 Å². The van der Waals surface area contributed by atoms with Crippen LogP contribution >= 0.6 is 0 Å². The molecule has 0 bridgehead atoms. The summed E-state index contributed by atoms with van der Waals surface area (Å²) in [7, 11) is 0. The Morgan fingerprint density at radius 3 is 1.87 bits per heavy atom. The zero-order valence-corrected chi connectivity index (χ0v) is 26.8. The molecular formula is C35H63NO3. The fourth-order valence-electron chi connectivity index (χ4n) is 5.49. The van der Waals surface area contributed by atoms with Gasteiger partial charge in [0.05, 0.1) is 0 Å². The van der Waals surface area contributed by atoms with E-state index in [-0.39, 0.29) is 17.4 Å². The maximum atomic E-state index is 13.1. The van der Waals surface area contributed by atoms with E-state index in [2.05, 4.69) is 58.2 Å². The summed E-state index contributed by atoms with van der Waals surface area (Å²) in [6.07, 6.45) is 27.6. The Hall–Kier alpha value is -1.58. The van der Waals surface area contributed by atoms with Gasteiger partial charge in [-0.15, -0.1) is 0 Å². The molecule has 1 amide bonds. The van der Waals surface area contributed by atoms with Crippen LogP contribution in [0.3, 0.4) is 0 Å². The number of ether oxygens (including phenoxy) is 1. The first-order chi connectivity index (χ1) is 18.5. The van der Waals surface area contributed by atoms with Gasteiger partial charge in [0, 0.05) is 12.0 Å². The van der Waals surface area contributed by atoms with E-state index in [0.29, 0.717) is 18.3 Å². The molecule has 0 aromatic carbocycles. The van der Waals surface area contributed by atoms with E-state index >= 15 is 0 Å². The van der Waals surface area contributed by atoms with Crippen molar-refractivity contribution < 1.29 is 14.3 Å². The van der Waals surface area contributed by atoms with Crippen LogP contribution in [-0.2, 0) is 14.3 Å². The van der Waals surface area contributed by atoms with Crippen LogP contribution in [0.4, 0.5) is 0 Å². The third-order valence-electron chi connectivity index (χ3n) is 8.40. The molecule has 1 saturated carbocycles. The van der Waals surface area contributed by atoms with Crippen molar-refractivity contribution in [2.24, 2.45) is 11.8 Å². The Kier molecular flexibility index (Phi) is 17.7. The van der Waals surface area contributed by atoms with Gasteiger partial charge in [0.2, 0.25) is 0 Å². The van der Waals surface area contributed by atoms with Crippen LogP contribution in [0.2, 0.25) is 0 Å². The molecule has 1 fully saturated rings.